The average Bonchev–Trinajstić information content (AvgIpc) is 3.29. The van der Waals surface area contributed by atoms with Gasteiger partial charge in [-0.05, 0) is 49.1 Å². The van der Waals surface area contributed by atoms with Gasteiger partial charge in [-0.15, -0.1) is 0 Å². The summed E-state index contributed by atoms with van der Waals surface area (Å²) in [5, 5.41) is 2.94. The lowest BCUT2D eigenvalue weighted by Crippen LogP contribution is -2.35. The Kier molecular flexibility index (Phi) is 6.38. The highest BCUT2D eigenvalue weighted by atomic mass is 16.6. The third kappa shape index (κ3) is 4.71. The van der Waals surface area contributed by atoms with Gasteiger partial charge in [0.05, 0.1) is 5.92 Å². The van der Waals surface area contributed by atoms with Crippen molar-refractivity contribution in [2.24, 2.45) is 5.92 Å². The van der Waals surface area contributed by atoms with Crippen molar-refractivity contribution < 1.29 is 23.9 Å². The number of hydrogen-bond acceptors (Lipinski definition) is 5. The van der Waals surface area contributed by atoms with Crippen LogP contribution in [0, 0.1) is 5.92 Å². The van der Waals surface area contributed by atoms with Gasteiger partial charge in [0.1, 0.15) is 13.2 Å². The number of hydrogen-bond donors (Lipinski definition) is 1. The minimum absolute atomic E-state index is 0.0685. The molecule has 8 nitrogen and oxygen atoms in total. The largest absolute Gasteiger partial charge is 0.486 e. The Morgan fingerprint density at radius 1 is 0.941 bits per heavy atom. The molecule has 0 saturated carbocycles. The SMILES string of the molecule is O=C(NCc1ccc(C(=O)N2CCCCC2)cc1)C1CC(=O)N(c2ccc3c(c2)OCCO3)C1. The predicted molar refractivity (Wildman–Crippen MR) is 126 cm³/mol. The van der Waals surface area contributed by atoms with Crippen molar-refractivity contribution in [2.45, 2.75) is 32.2 Å². The lowest BCUT2D eigenvalue weighted by molar-refractivity contribution is -0.126. The lowest BCUT2D eigenvalue weighted by atomic mass is 10.1. The van der Waals surface area contributed by atoms with Crippen LogP contribution in [0.25, 0.3) is 0 Å². The molecule has 34 heavy (non-hydrogen) atoms. The molecule has 3 amide bonds. The fourth-order valence-corrected chi connectivity index (χ4v) is 4.71. The monoisotopic (exact) mass is 463 g/mol. The maximum atomic E-state index is 12.8. The van der Waals surface area contributed by atoms with Gasteiger partial charge in [-0.3, -0.25) is 14.4 Å². The second-order valence-corrected chi connectivity index (χ2v) is 9.00. The van der Waals surface area contributed by atoms with Crippen LogP contribution < -0.4 is 19.7 Å². The van der Waals surface area contributed by atoms with Gasteiger partial charge in [-0.25, -0.2) is 0 Å². The number of amides is 3. The zero-order chi connectivity index (χ0) is 23.5. The minimum atomic E-state index is -0.416. The number of carbonyl (C=O) groups is 3. The van der Waals surface area contributed by atoms with Crippen LogP contribution in [0.4, 0.5) is 5.69 Å². The van der Waals surface area contributed by atoms with Crippen molar-refractivity contribution in [1.82, 2.24) is 10.2 Å². The molecular weight excluding hydrogens is 434 g/mol. The summed E-state index contributed by atoms with van der Waals surface area (Å²) in [6, 6.07) is 12.8. The molecule has 2 fully saturated rings. The third-order valence-corrected chi connectivity index (χ3v) is 6.64. The van der Waals surface area contributed by atoms with Crippen molar-refractivity contribution in [1.29, 1.82) is 0 Å². The number of fused-ring (bicyclic) bond motifs is 1. The Morgan fingerprint density at radius 2 is 1.68 bits per heavy atom. The molecule has 0 aliphatic carbocycles. The van der Waals surface area contributed by atoms with Gasteiger partial charge in [0.25, 0.3) is 5.91 Å². The summed E-state index contributed by atoms with van der Waals surface area (Å²) in [6.45, 7) is 3.30. The van der Waals surface area contributed by atoms with Gasteiger partial charge >= 0.3 is 0 Å². The van der Waals surface area contributed by atoms with E-state index in [9.17, 15) is 14.4 Å². The lowest BCUT2D eigenvalue weighted by Gasteiger charge is -2.26. The van der Waals surface area contributed by atoms with E-state index < -0.39 is 5.92 Å². The van der Waals surface area contributed by atoms with E-state index in [1.165, 1.54) is 6.42 Å². The Hall–Kier alpha value is -3.55. The number of likely N-dealkylation sites (tertiary alicyclic amines) is 1. The summed E-state index contributed by atoms with van der Waals surface area (Å²) in [7, 11) is 0. The first-order chi connectivity index (χ1) is 16.6. The molecule has 0 bridgehead atoms. The average molecular weight is 464 g/mol. The molecule has 3 aliphatic heterocycles. The van der Waals surface area contributed by atoms with E-state index in [0.717, 1.165) is 31.5 Å². The van der Waals surface area contributed by atoms with Gasteiger partial charge in [-0.2, -0.15) is 0 Å². The van der Waals surface area contributed by atoms with Gasteiger partial charge < -0.3 is 24.6 Å². The number of nitrogens with one attached hydrogen (secondary N) is 1. The highest BCUT2D eigenvalue weighted by molar-refractivity contribution is 6.00. The predicted octanol–water partition coefficient (Wildman–Crippen LogP) is 2.75. The molecule has 2 aromatic rings. The molecule has 1 unspecified atom stereocenters. The molecule has 178 valence electrons. The quantitative estimate of drug-likeness (QED) is 0.737. The van der Waals surface area contributed by atoms with E-state index in [2.05, 4.69) is 5.32 Å². The van der Waals surface area contributed by atoms with Crippen LogP contribution >= 0.6 is 0 Å². The number of benzene rings is 2. The first-order valence-corrected chi connectivity index (χ1v) is 11.9. The summed E-state index contributed by atoms with van der Waals surface area (Å²) < 4.78 is 11.2. The molecule has 3 aliphatic rings. The Labute approximate surface area is 198 Å². The van der Waals surface area contributed by atoms with E-state index >= 15 is 0 Å². The van der Waals surface area contributed by atoms with Crippen LogP contribution in [0.1, 0.15) is 41.6 Å². The third-order valence-electron chi connectivity index (χ3n) is 6.64. The molecule has 2 aromatic carbocycles. The summed E-state index contributed by atoms with van der Waals surface area (Å²) >= 11 is 0. The molecule has 0 radical (unpaired) electrons. The molecule has 3 heterocycles. The van der Waals surface area contributed by atoms with E-state index in [1.54, 1.807) is 17.0 Å². The standard InChI is InChI=1S/C26H29N3O5/c30-24-14-20(17-29(24)21-8-9-22-23(15-21)34-13-12-33-22)25(31)27-16-18-4-6-19(7-5-18)26(32)28-10-2-1-3-11-28/h4-9,15,20H,1-3,10-14,16-17H2,(H,27,31). The van der Waals surface area contributed by atoms with Crippen molar-refractivity contribution in [3.05, 3.63) is 53.6 Å². The van der Waals surface area contributed by atoms with Crippen LogP contribution in [0.5, 0.6) is 11.5 Å². The second-order valence-electron chi connectivity index (χ2n) is 9.00. The molecule has 8 heteroatoms. The topological polar surface area (TPSA) is 88.2 Å². The van der Waals surface area contributed by atoms with Crippen LogP contribution in [-0.2, 0) is 16.1 Å². The minimum Gasteiger partial charge on any atom is -0.486 e. The van der Waals surface area contributed by atoms with Gasteiger partial charge in [-0.1, -0.05) is 12.1 Å². The van der Waals surface area contributed by atoms with E-state index in [0.29, 0.717) is 49.1 Å². The molecular formula is C26H29N3O5. The molecule has 5 rings (SSSR count). The van der Waals surface area contributed by atoms with Crippen LogP contribution in [0.15, 0.2) is 42.5 Å². The molecule has 1 N–H and O–H groups in total. The smallest absolute Gasteiger partial charge is 0.253 e. The number of anilines is 1. The van der Waals surface area contributed by atoms with Crippen molar-refractivity contribution >= 4 is 23.4 Å². The zero-order valence-corrected chi connectivity index (χ0v) is 19.1. The first-order valence-electron chi connectivity index (χ1n) is 11.9. The van der Waals surface area contributed by atoms with Crippen LogP contribution in [0.3, 0.4) is 0 Å². The second kappa shape index (κ2) is 9.75. The number of carbonyl (C=O) groups excluding carboxylic acids is 3. The Morgan fingerprint density at radius 3 is 2.44 bits per heavy atom. The van der Waals surface area contributed by atoms with Gasteiger partial charge in [0, 0.05) is 49.9 Å². The summed E-state index contributed by atoms with van der Waals surface area (Å²) in [5.74, 6) is 0.699. The van der Waals surface area contributed by atoms with E-state index in [4.69, 9.17) is 9.47 Å². The van der Waals surface area contributed by atoms with Crippen molar-refractivity contribution in [3.8, 4) is 11.5 Å². The maximum Gasteiger partial charge on any atom is 0.253 e. The molecule has 0 aromatic heterocycles. The number of nitrogens with zero attached hydrogens (tertiary/aromatic N) is 2. The zero-order valence-electron chi connectivity index (χ0n) is 19.1. The van der Waals surface area contributed by atoms with Crippen molar-refractivity contribution in [3.63, 3.8) is 0 Å². The first kappa shape index (κ1) is 22.3. The highest BCUT2D eigenvalue weighted by Crippen LogP contribution is 2.36. The summed E-state index contributed by atoms with van der Waals surface area (Å²) in [4.78, 5) is 41.5. The normalized spacial score (nSPS) is 19.8. The summed E-state index contributed by atoms with van der Waals surface area (Å²) in [6.07, 6.45) is 3.48. The number of ether oxygens (including phenoxy) is 2. The highest BCUT2D eigenvalue weighted by Gasteiger charge is 2.35. The molecule has 1 atom stereocenters. The number of rotatable bonds is 5. The van der Waals surface area contributed by atoms with E-state index in [-0.39, 0.29) is 24.1 Å². The van der Waals surface area contributed by atoms with Crippen LogP contribution in [-0.4, -0.2) is 55.5 Å². The Balaban J connectivity index is 1.15. The van der Waals surface area contributed by atoms with Gasteiger partial charge in [0.15, 0.2) is 11.5 Å². The van der Waals surface area contributed by atoms with Crippen molar-refractivity contribution in [2.75, 3.05) is 37.7 Å². The maximum absolute atomic E-state index is 12.8. The van der Waals surface area contributed by atoms with E-state index in [1.807, 2.05) is 35.2 Å². The Bertz CT molecular complexity index is 1080. The molecule has 0 spiro atoms. The van der Waals surface area contributed by atoms with Gasteiger partial charge in [0.2, 0.25) is 11.8 Å². The number of piperidine rings is 1. The fourth-order valence-electron chi connectivity index (χ4n) is 4.71. The summed E-state index contributed by atoms with van der Waals surface area (Å²) in [5.41, 5.74) is 2.29. The fraction of sp³-hybridized carbons (Fsp3) is 0.423. The molecule has 2 saturated heterocycles. The van der Waals surface area contributed by atoms with Crippen LogP contribution in [0.2, 0.25) is 0 Å².